The summed E-state index contributed by atoms with van der Waals surface area (Å²) in [5, 5.41) is 0. The zero-order valence-corrected chi connectivity index (χ0v) is 6.73. The third-order valence-electron chi connectivity index (χ3n) is 0.783. The van der Waals surface area contributed by atoms with E-state index in [0.29, 0.717) is 11.7 Å². The zero-order chi connectivity index (χ0) is 8.20. The van der Waals surface area contributed by atoms with E-state index >= 15 is 0 Å². The van der Waals surface area contributed by atoms with Crippen LogP contribution in [0.2, 0.25) is 0 Å². The summed E-state index contributed by atoms with van der Waals surface area (Å²) in [5.41, 5.74) is 3.98. The van der Waals surface area contributed by atoms with Crippen molar-refractivity contribution in [2.45, 2.75) is 19.4 Å². The molecule has 0 rings (SSSR count). The number of primary amides is 1. The van der Waals surface area contributed by atoms with E-state index in [1.807, 2.05) is 0 Å². The lowest BCUT2D eigenvalue weighted by molar-refractivity contribution is 0.0631. The second-order valence-electron chi connectivity index (χ2n) is 2.44. The van der Waals surface area contributed by atoms with Crippen molar-refractivity contribution in [1.29, 1.82) is 0 Å². The molecule has 0 radical (unpaired) electrons. The van der Waals surface area contributed by atoms with Crippen molar-refractivity contribution in [3.05, 3.63) is 0 Å². The van der Waals surface area contributed by atoms with E-state index in [2.05, 4.69) is 4.74 Å². The molecule has 0 aromatic carbocycles. The highest BCUT2D eigenvalue weighted by Crippen LogP contribution is 2.07. The van der Waals surface area contributed by atoms with Crippen molar-refractivity contribution in [1.82, 2.24) is 0 Å². The van der Waals surface area contributed by atoms with Gasteiger partial charge < -0.3 is 10.5 Å². The summed E-state index contributed by atoms with van der Waals surface area (Å²) in [6, 6.07) is 0. The quantitative estimate of drug-likeness (QED) is 0.609. The standard InChI is InChI=1S/C5H9NO3S/c1-5(2,3-10-8)9-4(6)7/h3H2,1-2H3,(H-,6,7)/p+1. The Kier molecular flexibility index (Phi) is 3.21. The van der Waals surface area contributed by atoms with Crippen molar-refractivity contribution in [2.75, 3.05) is 5.75 Å². The minimum atomic E-state index is -0.848. The number of hydrogen-bond acceptors (Lipinski definition) is 3. The van der Waals surface area contributed by atoms with Gasteiger partial charge in [-0.2, -0.15) is 0 Å². The van der Waals surface area contributed by atoms with E-state index in [9.17, 15) is 9.00 Å². The van der Waals surface area contributed by atoms with Gasteiger partial charge in [0.2, 0.25) is 0 Å². The Morgan fingerprint density at radius 2 is 2.20 bits per heavy atom. The van der Waals surface area contributed by atoms with Gasteiger partial charge >= 0.3 is 17.8 Å². The third kappa shape index (κ3) is 4.20. The summed E-state index contributed by atoms with van der Waals surface area (Å²) < 4.78 is 14.6. The molecule has 0 unspecified atom stereocenters. The van der Waals surface area contributed by atoms with Gasteiger partial charge in [0.1, 0.15) is 0 Å². The summed E-state index contributed by atoms with van der Waals surface area (Å²) >= 11 is 0.368. The van der Waals surface area contributed by atoms with Crippen LogP contribution in [0.4, 0.5) is 4.79 Å². The molecule has 0 fully saturated rings. The Morgan fingerprint density at radius 3 is 2.50 bits per heavy atom. The maximum atomic E-state index is 10.2. The van der Waals surface area contributed by atoms with Crippen molar-refractivity contribution < 1.29 is 13.7 Å². The largest absolute Gasteiger partial charge is 0.463 e. The summed E-state index contributed by atoms with van der Waals surface area (Å²) in [4.78, 5) is 10.2. The second-order valence-corrected chi connectivity index (χ2v) is 2.97. The van der Waals surface area contributed by atoms with Gasteiger partial charge in [0, 0.05) is 4.21 Å². The van der Waals surface area contributed by atoms with Crippen LogP contribution in [0.5, 0.6) is 0 Å². The Balaban J connectivity index is 3.85. The van der Waals surface area contributed by atoms with Crippen LogP contribution in [0.25, 0.3) is 0 Å². The maximum absolute atomic E-state index is 10.2. The fourth-order valence-electron chi connectivity index (χ4n) is 0.444. The first-order valence-electron chi connectivity index (χ1n) is 2.71. The molecule has 0 heterocycles. The smallest absolute Gasteiger partial charge is 0.438 e. The van der Waals surface area contributed by atoms with Crippen LogP contribution in [-0.2, 0) is 20.6 Å². The van der Waals surface area contributed by atoms with Crippen LogP contribution < -0.4 is 5.73 Å². The van der Waals surface area contributed by atoms with Crippen molar-refractivity contribution in [2.24, 2.45) is 5.73 Å². The molecule has 0 aliphatic rings. The number of carbonyl (C=O) groups is 1. The van der Waals surface area contributed by atoms with Crippen LogP contribution >= 0.6 is 0 Å². The van der Waals surface area contributed by atoms with E-state index in [1.54, 1.807) is 13.8 Å². The Bertz CT molecular complexity index is 146. The molecule has 0 spiro atoms. The Labute approximate surface area is 63.2 Å². The molecule has 0 aliphatic heterocycles. The van der Waals surface area contributed by atoms with E-state index in [4.69, 9.17) is 5.73 Å². The zero-order valence-electron chi connectivity index (χ0n) is 5.92. The van der Waals surface area contributed by atoms with E-state index in [1.165, 1.54) is 0 Å². The number of nitrogens with two attached hydrogens (primary N) is 1. The fraction of sp³-hybridized carbons (Fsp3) is 0.800. The normalized spacial score (nSPS) is 10.6. The number of ether oxygens (including phenoxy) is 1. The number of carbonyl (C=O) groups excluding carboxylic acids is 1. The van der Waals surface area contributed by atoms with Gasteiger partial charge in [-0.05, 0) is 13.8 Å². The number of rotatable bonds is 3. The molecular formula is C5H10NO3S+. The molecule has 5 heteroatoms. The van der Waals surface area contributed by atoms with Gasteiger partial charge in [-0.1, -0.05) is 0 Å². The van der Waals surface area contributed by atoms with E-state index < -0.39 is 11.7 Å². The molecule has 4 nitrogen and oxygen atoms in total. The minimum absolute atomic E-state index is 0.204. The molecule has 0 saturated carbocycles. The highest BCUT2D eigenvalue weighted by molar-refractivity contribution is 7.65. The average molecular weight is 164 g/mol. The lowest BCUT2D eigenvalue weighted by Gasteiger charge is -2.15. The minimum Gasteiger partial charge on any atom is -0.438 e. The van der Waals surface area contributed by atoms with Crippen LogP contribution in [-0.4, -0.2) is 17.4 Å². The molecular weight excluding hydrogens is 154 g/mol. The predicted molar refractivity (Wildman–Crippen MR) is 37.7 cm³/mol. The van der Waals surface area contributed by atoms with E-state index in [-0.39, 0.29) is 5.75 Å². The highest BCUT2D eigenvalue weighted by Gasteiger charge is 2.28. The van der Waals surface area contributed by atoms with E-state index in [0.717, 1.165) is 0 Å². The molecule has 0 bridgehead atoms. The van der Waals surface area contributed by atoms with Gasteiger partial charge in [0.25, 0.3) is 5.75 Å². The summed E-state index contributed by atoms with van der Waals surface area (Å²) in [5.74, 6) is 0.204. The molecule has 0 atom stereocenters. The summed E-state index contributed by atoms with van der Waals surface area (Å²) in [7, 11) is 0. The maximum Gasteiger partial charge on any atom is 0.463 e. The van der Waals surface area contributed by atoms with Crippen molar-refractivity contribution in [3.63, 3.8) is 0 Å². The van der Waals surface area contributed by atoms with Crippen LogP contribution in [0.1, 0.15) is 13.8 Å². The first kappa shape index (κ1) is 9.29. The lowest BCUT2D eigenvalue weighted by Crippen LogP contribution is -2.34. The molecule has 0 aliphatic carbocycles. The van der Waals surface area contributed by atoms with Crippen LogP contribution in [0.3, 0.4) is 0 Å². The molecule has 2 N–H and O–H groups in total. The SMILES string of the molecule is CC(C)(C[S+]=O)OC(N)=O. The predicted octanol–water partition coefficient (Wildman–Crippen LogP) is 0.288. The molecule has 10 heavy (non-hydrogen) atoms. The second kappa shape index (κ2) is 3.46. The molecule has 0 saturated heterocycles. The van der Waals surface area contributed by atoms with Gasteiger partial charge in [-0.15, -0.1) is 0 Å². The Morgan fingerprint density at radius 1 is 1.70 bits per heavy atom. The topological polar surface area (TPSA) is 69.4 Å². The molecule has 58 valence electrons. The lowest BCUT2D eigenvalue weighted by atomic mass is 10.2. The Hall–Kier alpha value is -0.710. The van der Waals surface area contributed by atoms with Gasteiger partial charge in [-0.3, -0.25) is 0 Å². The monoisotopic (exact) mass is 164 g/mol. The van der Waals surface area contributed by atoms with Crippen molar-refractivity contribution >= 4 is 17.8 Å². The third-order valence-corrected chi connectivity index (χ3v) is 1.60. The fourth-order valence-corrected chi connectivity index (χ4v) is 0.786. The van der Waals surface area contributed by atoms with Crippen LogP contribution in [0.15, 0.2) is 0 Å². The van der Waals surface area contributed by atoms with Crippen LogP contribution in [0, 0.1) is 0 Å². The molecule has 1 amide bonds. The highest BCUT2D eigenvalue weighted by atomic mass is 32.1. The number of hydrogen-bond donors (Lipinski definition) is 1. The van der Waals surface area contributed by atoms with Gasteiger partial charge in [0.05, 0.1) is 0 Å². The first-order valence-corrected chi connectivity index (χ1v) is 3.62. The average Bonchev–Trinajstić information content (AvgIpc) is 1.59. The summed E-state index contributed by atoms with van der Waals surface area (Å²) in [6.45, 7) is 3.26. The van der Waals surface area contributed by atoms with Gasteiger partial charge in [-0.25, -0.2) is 4.79 Å². The first-order chi connectivity index (χ1) is 4.48. The number of amides is 1. The molecule has 0 aromatic rings. The van der Waals surface area contributed by atoms with Crippen molar-refractivity contribution in [3.8, 4) is 0 Å². The summed E-state index contributed by atoms with van der Waals surface area (Å²) in [6.07, 6.45) is -0.848. The van der Waals surface area contributed by atoms with Gasteiger partial charge in [0.15, 0.2) is 5.60 Å². The molecule has 0 aromatic heterocycles.